The fourth-order valence-corrected chi connectivity index (χ4v) is 4.30. The molecule has 0 aromatic carbocycles. The van der Waals surface area contributed by atoms with E-state index < -0.39 is 0 Å². The van der Waals surface area contributed by atoms with Crippen LogP contribution >= 0.6 is 0 Å². The van der Waals surface area contributed by atoms with Crippen molar-refractivity contribution in [3.05, 3.63) is 30.1 Å². The average Bonchev–Trinajstić information content (AvgIpc) is 2.65. The molecule has 0 bridgehead atoms. The summed E-state index contributed by atoms with van der Waals surface area (Å²) in [6, 6.07) is 6.05. The number of aromatic nitrogens is 1. The lowest BCUT2D eigenvalue weighted by Gasteiger charge is -2.48. The van der Waals surface area contributed by atoms with E-state index >= 15 is 0 Å². The number of likely N-dealkylation sites (tertiary alicyclic amines) is 2. The molecule has 0 N–H and O–H groups in total. The lowest BCUT2D eigenvalue weighted by molar-refractivity contribution is -0.142. The number of likely N-dealkylation sites (N-methyl/N-ethyl adjacent to an activating group) is 1. The second-order valence-corrected chi connectivity index (χ2v) is 8.48. The molecule has 2 aliphatic rings. The van der Waals surface area contributed by atoms with Gasteiger partial charge in [-0.25, -0.2) is 0 Å². The number of hydrogen-bond acceptors (Lipinski definition) is 4. The standard InChI is InChI=1S/C21H32N4O2/c1-17(2)23(3)20(27)14-24-12-6-9-21(15-24)10-8-19(26)25(16-21)13-18-7-4-5-11-22-18/h4-5,7,11,17H,6,8-10,12-16H2,1-3H3/t21-/m0/s1. The maximum Gasteiger partial charge on any atom is 0.236 e. The molecule has 2 amide bonds. The van der Waals surface area contributed by atoms with Crippen molar-refractivity contribution in [2.24, 2.45) is 5.41 Å². The summed E-state index contributed by atoms with van der Waals surface area (Å²) in [6.45, 7) is 7.77. The van der Waals surface area contributed by atoms with Crippen molar-refractivity contribution < 1.29 is 9.59 Å². The van der Waals surface area contributed by atoms with Crippen LogP contribution in [0.15, 0.2) is 24.4 Å². The normalized spacial score (nSPS) is 23.9. The van der Waals surface area contributed by atoms with Crippen LogP contribution < -0.4 is 0 Å². The number of piperidine rings is 2. The lowest BCUT2D eigenvalue weighted by Crippen LogP contribution is -2.55. The molecule has 1 spiro atoms. The quantitative estimate of drug-likeness (QED) is 0.795. The highest BCUT2D eigenvalue weighted by molar-refractivity contribution is 5.78. The number of hydrogen-bond donors (Lipinski definition) is 0. The average molecular weight is 373 g/mol. The highest BCUT2D eigenvalue weighted by atomic mass is 16.2. The van der Waals surface area contributed by atoms with E-state index in [1.807, 2.05) is 48.9 Å². The molecule has 6 heteroatoms. The molecule has 1 aromatic rings. The number of amides is 2. The number of nitrogens with zero attached hydrogens (tertiary/aromatic N) is 4. The summed E-state index contributed by atoms with van der Waals surface area (Å²) in [4.78, 5) is 35.4. The minimum atomic E-state index is 0.109. The Balaban J connectivity index is 1.64. The van der Waals surface area contributed by atoms with E-state index in [0.29, 0.717) is 19.5 Å². The molecule has 2 aliphatic heterocycles. The van der Waals surface area contributed by atoms with E-state index in [1.165, 1.54) is 0 Å². The molecule has 0 aliphatic carbocycles. The third kappa shape index (κ3) is 4.86. The third-order valence-corrected chi connectivity index (χ3v) is 6.09. The summed E-state index contributed by atoms with van der Waals surface area (Å²) in [5, 5.41) is 0. The summed E-state index contributed by atoms with van der Waals surface area (Å²) in [6.07, 6.45) is 5.52. The van der Waals surface area contributed by atoms with Crippen molar-refractivity contribution in [3.8, 4) is 0 Å². The Hall–Kier alpha value is -1.95. The molecule has 3 rings (SSSR count). The van der Waals surface area contributed by atoms with E-state index in [0.717, 1.165) is 44.6 Å². The van der Waals surface area contributed by atoms with Gasteiger partial charge in [-0.05, 0) is 51.8 Å². The predicted octanol–water partition coefficient (Wildman–Crippen LogP) is 2.15. The molecule has 148 valence electrons. The van der Waals surface area contributed by atoms with E-state index in [-0.39, 0.29) is 23.3 Å². The monoisotopic (exact) mass is 372 g/mol. The Bertz CT molecular complexity index is 663. The van der Waals surface area contributed by atoms with Crippen molar-refractivity contribution in [1.29, 1.82) is 0 Å². The summed E-state index contributed by atoms with van der Waals surface area (Å²) in [5.41, 5.74) is 1.04. The van der Waals surface area contributed by atoms with Crippen molar-refractivity contribution >= 4 is 11.8 Å². The molecule has 1 atom stereocenters. The second-order valence-electron chi connectivity index (χ2n) is 8.48. The zero-order chi connectivity index (χ0) is 19.4. The molecule has 6 nitrogen and oxygen atoms in total. The van der Waals surface area contributed by atoms with Crippen LogP contribution in [0, 0.1) is 5.41 Å². The first kappa shape index (κ1) is 19.8. The van der Waals surface area contributed by atoms with E-state index in [1.54, 1.807) is 6.20 Å². The molecule has 27 heavy (non-hydrogen) atoms. The van der Waals surface area contributed by atoms with Crippen LogP contribution in [0.5, 0.6) is 0 Å². The van der Waals surface area contributed by atoms with Gasteiger partial charge >= 0.3 is 0 Å². The van der Waals surface area contributed by atoms with Gasteiger partial charge in [-0.1, -0.05) is 6.07 Å². The maximum atomic E-state index is 12.5. The Labute approximate surface area is 162 Å². The fraction of sp³-hybridized carbons (Fsp3) is 0.667. The topological polar surface area (TPSA) is 56.8 Å². The smallest absolute Gasteiger partial charge is 0.236 e. The Morgan fingerprint density at radius 1 is 1.30 bits per heavy atom. The van der Waals surface area contributed by atoms with Crippen molar-refractivity contribution in [1.82, 2.24) is 19.7 Å². The van der Waals surface area contributed by atoms with E-state index in [4.69, 9.17) is 0 Å². The van der Waals surface area contributed by atoms with E-state index in [2.05, 4.69) is 9.88 Å². The van der Waals surface area contributed by atoms with Crippen molar-refractivity contribution in [3.63, 3.8) is 0 Å². The maximum absolute atomic E-state index is 12.5. The first-order valence-corrected chi connectivity index (χ1v) is 10.0. The molecule has 0 radical (unpaired) electrons. The number of rotatable bonds is 5. The number of carbonyl (C=O) groups is 2. The zero-order valence-electron chi connectivity index (χ0n) is 16.9. The molecule has 1 aromatic heterocycles. The van der Waals surface area contributed by atoms with Gasteiger partial charge in [-0.15, -0.1) is 0 Å². The number of carbonyl (C=O) groups excluding carboxylic acids is 2. The summed E-state index contributed by atoms with van der Waals surface area (Å²) >= 11 is 0. The second kappa shape index (κ2) is 8.38. The molecule has 2 fully saturated rings. The third-order valence-electron chi connectivity index (χ3n) is 6.09. The minimum absolute atomic E-state index is 0.109. The zero-order valence-corrected chi connectivity index (χ0v) is 16.9. The fourth-order valence-electron chi connectivity index (χ4n) is 4.30. The summed E-state index contributed by atoms with van der Waals surface area (Å²) in [5.74, 6) is 0.401. The van der Waals surface area contributed by atoms with E-state index in [9.17, 15) is 9.59 Å². The van der Waals surface area contributed by atoms with Crippen LogP contribution in [0.2, 0.25) is 0 Å². The SMILES string of the molecule is CC(C)N(C)C(=O)CN1CCC[C@]2(CCC(=O)N(Cc3ccccn3)C2)C1. The first-order chi connectivity index (χ1) is 12.9. The van der Waals surface area contributed by atoms with Crippen LogP contribution in [-0.2, 0) is 16.1 Å². The highest BCUT2D eigenvalue weighted by Crippen LogP contribution is 2.39. The molecule has 2 saturated heterocycles. The van der Waals surface area contributed by atoms with Gasteiger partial charge in [0.25, 0.3) is 0 Å². The largest absolute Gasteiger partial charge is 0.342 e. The Morgan fingerprint density at radius 3 is 2.81 bits per heavy atom. The molecule has 0 unspecified atom stereocenters. The molecule has 3 heterocycles. The van der Waals surface area contributed by atoms with Crippen LogP contribution in [0.1, 0.15) is 45.2 Å². The minimum Gasteiger partial charge on any atom is -0.342 e. The van der Waals surface area contributed by atoms with Gasteiger partial charge < -0.3 is 9.80 Å². The van der Waals surface area contributed by atoms with Crippen LogP contribution in [0.25, 0.3) is 0 Å². The molecular formula is C21H32N4O2. The van der Waals surface area contributed by atoms with Crippen LogP contribution in [0.3, 0.4) is 0 Å². The van der Waals surface area contributed by atoms with Crippen molar-refractivity contribution in [2.75, 3.05) is 33.2 Å². The number of pyridine rings is 1. The van der Waals surface area contributed by atoms with Gasteiger partial charge in [-0.3, -0.25) is 19.5 Å². The van der Waals surface area contributed by atoms with Gasteiger partial charge in [0.2, 0.25) is 11.8 Å². The van der Waals surface area contributed by atoms with Gasteiger partial charge in [0, 0.05) is 44.2 Å². The van der Waals surface area contributed by atoms with Gasteiger partial charge in [0.1, 0.15) is 0 Å². The van der Waals surface area contributed by atoms with Crippen LogP contribution in [0.4, 0.5) is 0 Å². The Morgan fingerprint density at radius 2 is 2.11 bits per heavy atom. The summed E-state index contributed by atoms with van der Waals surface area (Å²) < 4.78 is 0. The highest BCUT2D eigenvalue weighted by Gasteiger charge is 2.42. The molecule has 0 saturated carbocycles. The van der Waals surface area contributed by atoms with Gasteiger partial charge in [0.15, 0.2) is 0 Å². The van der Waals surface area contributed by atoms with Crippen LogP contribution in [-0.4, -0.2) is 70.8 Å². The molecular weight excluding hydrogens is 340 g/mol. The van der Waals surface area contributed by atoms with Gasteiger partial charge in [0.05, 0.1) is 18.8 Å². The first-order valence-electron chi connectivity index (χ1n) is 10.0. The summed E-state index contributed by atoms with van der Waals surface area (Å²) in [7, 11) is 1.88. The Kier molecular flexibility index (Phi) is 6.15. The van der Waals surface area contributed by atoms with Gasteiger partial charge in [-0.2, -0.15) is 0 Å². The van der Waals surface area contributed by atoms with Crippen molar-refractivity contribution in [2.45, 2.75) is 52.1 Å². The predicted molar refractivity (Wildman–Crippen MR) is 105 cm³/mol. The lowest BCUT2D eigenvalue weighted by atomic mass is 9.73.